The lowest BCUT2D eigenvalue weighted by Crippen LogP contribution is -2.27. The third-order valence-corrected chi connectivity index (χ3v) is 11.0. The molecular weight excluding hydrogens is 749 g/mol. The van der Waals surface area contributed by atoms with Gasteiger partial charge in [0.1, 0.15) is 11.1 Å². The van der Waals surface area contributed by atoms with Gasteiger partial charge in [-0.2, -0.15) is 0 Å². The van der Waals surface area contributed by atoms with E-state index in [1.54, 1.807) is 0 Å². The van der Waals surface area contributed by atoms with Gasteiger partial charge in [0.2, 0.25) is 0 Å². The zero-order valence-electron chi connectivity index (χ0n) is 26.6. The van der Waals surface area contributed by atoms with Crippen molar-refractivity contribution >= 4 is 93.5 Å². The monoisotopic (exact) mass is 782 g/mol. The molecule has 262 valence electrons. The molecule has 0 saturated heterocycles. The summed E-state index contributed by atoms with van der Waals surface area (Å²) < 4.78 is 21.2. The first-order valence-corrected chi connectivity index (χ1v) is 18.2. The molecule has 8 nitrogen and oxygen atoms in total. The Balaban J connectivity index is 1.45. The lowest BCUT2D eigenvalue weighted by atomic mass is 9.95. The van der Waals surface area contributed by atoms with Crippen LogP contribution in [0.2, 0.25) is 30.1 Å². The largest absolute Gasteiger partial charge is 0.462 e. The molecule has 48 heavy (non-hydrogen) atoms. The number of hydrogen-bond donors (Lipinski definition) is 0. The summed E-state index contributed by atoms with van der Waals surface area (Å²) in [6, 6.07) is 2.27. The highest BCUT2D eigenvalue weighted by Crippen LogP contribution is 2.54. The number of rotatable bonds is 16. The Morgan fingerprint density at radius 1 is 0.583 bits per heavy atom. The first kappa shape index (κ1) is 38.9. The van der Waals surface area contributed by atoms with Crippen molar-refractivity contribution in [3.05, 3.63) is 53.4 Å². The van der Waals surface area contributed by atoms with Gasteiger partial charge in [-0.25, -0.2) is 19.2 Å². The fourth-order valence-electron chi connectivity index (χ4n) is 6.02. The Hall–Kier alpha value is -1.94. The molecule has 2 saturated carbocycles. The predicted molar refractivity (Wildman–Crippen MR) is 186 cm³/mol. The van der Waals surface area contributed by atoms with Crippen LogP contribution in [0.4, 0.5) is 0 Å². The van der Waals surface area contributed by atoms with Crippen LogP contribution in [0.25, 0.3) is 0 Å². The van der Waals surface area contributed by atoms with E-state index in [0.29, 0.717) is 23.7 Å². The van der Waals surface area contributed by atoms with Gasteiger partial charge in [-0.3, -0.25) is 0 Å². The molecule has 0 bridgehead atoms. The minimum Gasteiger partial charge on any atom is -0.462 e. The normalized spacial score (nSPS) is 15.4. The minimum absolute atomic E-state index is 0.0779. The van der Waals surface area contributed by atoms with E-state index in [-0.39, 0.29) is 43.3 Å². The topological polar surface area (TPSA) is 105 Å². The number of esters is 4. The molecule has 0 unspecified atom stereocenters. The standard InChI is InChI=1S/C34H36Cl6O8/c1-3-7-33(11-12-33)9-5-15-45-29(41)23-25(39)19(35)17-21(37)27(23)47-31(43)32(44)48-28-22(38)18-20(36)26(40)24(28)30(42)46-16-6-10-34(8-4-2)13-14-34/h17-18H,3-16H2,1-2H3. The second kappa shape index (κ2) is 16.8. The van der Waals surface area contributed by atoms with Crippen LogP contribution in [0.5, 0.6) is 11.5 Å². The van der Waals surface area contributed by atoms with Gasteiger partial charge in [0.15, 0.2) is 11.5 Å². The Kier molecular flexibility index (Phi) is 13.6. The highest BCUT2D eigenvalue weighted by Gasteiger charge is 2.41. The zero-order chi connectivity index (χ0) is 35.2. The zero-order valence-corrected chi connectivity index (χ0v) is 31.1. The molecule has 0 aromatic heterocycles. The van der Waals surface area contributed by atoms with Crippen LogP contribution in [-0.2, 0) is 19.1 Å². The number of ether oxygens (including phenoxy) is 4. The maximum atomic E-state index is 13.1. The SMILES string of the molecule is CCCC1(CCCOC(=O)c2c(Cl)c(Cl)cc(Cl)c2OC(=O)C(=O)Oc2c(Cl)cc(Cl)c(Cl)c2C(=O)OCCCC2(CCC)CC2)CC1. The van der Waals surface area contributed by atoms with E-state index in [1.165, 1.54) is 0 Å². The van der Waals surface area contributed by atoms with E-state index < -0.39 is 46.5 Å². The lowest BCUT2D eigenvalue weighted by molar-refractivity contribution is -0.156. The van der Waals surface area contributed by atoms with Gasteiger partial charge < -0.3 is 18.9 Å². The van der Waals surface area contributed by atoms with Gasteiger partial charge in [0.05, 0.1) is 43.3 Å². The molecule has 0 amide bonds. The molecule has 2 aromatic carbocycles. The third kappa shape index (κ3) is 9.64. The molecule has 4 rings (SSSR count). The molecule has 0 atom stereocenters. The molecule has 0 spiro atoms. The number of halogens is 6. The van der Waals surface area contributed by atoms with E-state index in [1.807, 2.05) is 0 Å². The average Bonchev–Trinajstić information content (AvgIpc) is 3.97. The van der Waals surface area contributed by atoms with Crippen LogP contribution in [0.1, 0.15) is 112 Å². The average molecular weight is 785 g/mol. The first-order chi connectivity index (χ1) is 22.8. The second-order valence-electron chi connectivity index (χ2n) is 12.5. The quantitative estimate of drug-likeness (QED) is 0.0545. The van der Waals surface area contributed by atoms with Gasteiger partial charge in [-0.15, -0.1) is 0 Å². The molecule has 0 N–H and O–H groups in total. The van der Waals surface area contributed by atoms with Crippen molar-refractivity contribution in [1.82, 2.24) is 0 Å². The summed E-state index contributed by atoms with van der Waals surface area (Å²) in [5.41, 5.74) is -0.288. The summed E-state index contributed by atoms with van der Waals surface area (Å²) in [5, 5.41) is -1.43. The van der Waals surface area contributed by atoms with E-state index in [2.05, 4.69) is 13.8 Å². The van der Waals surface area contributed by atoms with Crippen molar-refractivity contribution < 1.29 is 38.1 Å². The van der Waals surface area contributed by atoms with Crippen LogP contribution in [0, 0.1) is 10.8 Å². The van der Waals surface area contributed by atoms with Crippen LogP contribution in [0.15, 0.2) is 12.1 Å². The minimum atomic E-state index is -1.63. The van der Waals surface area contributed by atoms with Gasteiger partial charge in [0, 0.05) is 0 Å². The summed E-state index contributed by atoms with van der Waals surface area (Å²) in [7, 11) is 0. The smallest absolute Gasteiger partial charge is 0.423 e. The van der Waals surface area contributed by atoms with E-state index in [0.717, 1.165) is 76.3 Å². The van der Waals surface area contributed by atoms with Crippen LogP contribution < -0.4 is 9.47 Å². The van der Waals surface area contributed by atoms with Gasteiger partial charge in [-0.1, -0.05) is 96.3 Å². The van der Waals surface area contributed by atoms with E-state index >= 15 is 0 Å². The maximum absolute atomic E-state index is 13.1. The highest BCUT2D eigenvalue weighted by atomic mass is 35.5. The van der Waals surface area contributed by atoms with Gasteiger partial charge >= 0.3 is 23.9 Å². The number of benzene rings is 2. The molecule has 2 aliphatic carbocycles. The molecule has 0 heterocycles. The van der Waals surface area contributed by atoms with Crippen molar-refractivity contribution in [1.29, 1.82) is 0 Å². The summed E-state index contributed by atoms with van der Waals surface area (Å²) in [6.45, 7) is 4.42. The van der Waals surface area contributed by atoms with Crippen LogP contribution in [0.3, 0.4) is 0 Å². The van der Waals surface area contributed by atoms with Crippen molar-refractivity contribution in [3.8, 4) is 11.5 Å². The summed E-state index contributed by atoms with van der Waals surface area (Å²) in [4.78, 5) is 52.2. The van der Waals surface area contributed by atoms with Crippen molar-refractivity contribution in [3.63, 3.8) is 0 Å². The van der Waals surface area contributed by atoms with Crippen molar-refractivity contribution in [2.45, 2.75) is 90.9 Å². The van der Waals surface area contributed by atoms with Gasteiger partial charge in [0.25, 0.3) is 0 Å². The lowest BCUT2D eigenvalue weighted by Gasteiger charge is -2.16. The number of carbonyl (C=O) groups is 4. The first-order valence-electron chi connectivity index (χ1n) is 15.9. The summed E-state index contributed by atoms with van der Waals surface area (Å²) in [5.74, 6) is -6.32. The molecule has 2 aliphatic rings. The van der Waals surface area contributed by atoms with E-state index in [4.69, 9.17) is 88.6 Å². The van der Waals surface area contributed by atoms with Crippen molar-refractivity contribution in [2.75, 3.05) is 13.2 Å². The Labute approximate surface area is 309 Å². The molecule has 0 aliphatic heterocycles. The Morgan fingerprint density at radius 3 is 1.25 bits per heavy atom. The van der Waals surface area contributed by atoms with Gasteiger partial charge in [-0.05, 0) is 87.2 Å². The molecular formula is C34H36Cl6O8. The van der Waals surface area contributed by atoms with Crippen LogP contribution in [-0.4, -0.2) is 37.1 Å². The fourth-order valence-corrected chi connectivity index (χ4v) is 7.46. The number of carbonyl (C=O) groups excluding carboxylic acids is 4. The Bertz CT molecular complexity index is 1450. The Morgan fingerprint density at radius 2 is 0.938 bits per heavy atom. The molecule has 2 fully saturated rings. The number of hydrogen-bond acceptors (Lipinski definition) is 8. The van der Waals surface area contributed by atoms with Crippen LogP contribution >= 0.6 is 69.6 Å². The summed E-state index contributed by atoms with van der Waals surface area (Å²) in [6.07, 6.45) is 12.0. The molecule has 14 heteroatoms. The molecule has 0 radical (unpaired) electrons. The second-order valence-corrected chi connectivity index (χ2v) is 14.9. The maximum Gasteiger partial charge on any atom is 0.423 e. The predicted octanol–water partition coefficient (Wildman–Crippen LogP) is 11.2. The molecule has 2 aromatic rings. The van der Waals surface area contributed by atoms with Crippen molar-refractivity contribution in [2.24, 2.45) is 10.8 Å². The highest BCUT2D eigenvalue weighted by molar-refractivity contribution is 6.47. The van der Waals surface area contributed by atoms with E-state index in [9.17, 15) is 19.2 Å². The summed E-state index contributed by atoms with van der Waals surface area (Å²) >= 11 is 37.4. The fraction of sp³-hybridized carbons (Fsp3) is 0.529. The third-order valence-electron chi connectivity index (χ3n) is 8.86.